The first-order valence-corrected chi connectivity index (χ1v) is 8.80. The SMILES string of the molecule is N[C@@H]1CCCN(C(=O)C2(c3cccc(Br)c3)CCOCC2)C1. The van der Waals surface area contributed by atoms with Crippen LogP contribution in [0.1, 0.15) is 31.2 Å². The number of halogens is 1. The number of benzene rings is 1. The molecule has 22 heavy (non-hydrogen) atoms. The molecule has 1 aromatic carbocycles. The maximum atomic E-state index is 13.3. The van der Waals surface area contributed by atoms with E-state index in [1.54, 1.807) is 0 Å². The van der Waals surface area contributed by atoms with Crippen molar-refractivity contribution in [3.63, 3.8) is 0 Å². The van der Waals surface area contributed by atoms with Gasteiger partial charge >= 0.3 is 0 Å². The fourth-order valence-electron chi connectivity index (χ4n) is 3.63. The molecule has 4 nitrogen and oxygen atoms in total. The van der Waals surface area contributed by atoms with E-state index in [1.807, 2.05) is 17.0 Å². The Labute approximate surface area is 140 Å². The molecule has 0 spiro atoms. The lowest BCUT2D eigenvalue weighted by Gasteiger charge is -2.42. The van der Waals surface area contributed by atoms with Crippen molar-refractivity contribution in [2.75, 3.05) is 26.3 Å². The Kier molecular flexibility index (Phi) is 4.85. The van der Waals surface area contributed by atoms with Gasteiger partial charge in [0.25, 0.3) is 0 Å². The first-order chi connectivity index (χ1) is 10.6. The van der Waals surface area contributed by atoms with E-state index in [0.717, 1.165) is 42.3 Å². The van der Waals surface area contributed by atoms with E-state index in [4.69, 9.17) is 10.5 Å². The molecule has 1 aromatic rings. The van der Waals surface area contributed by atoms with E-state index in [1.165, 1.54) is 0 Å². The summed E-state index contributed by atoms with van der Waals surface area (Å²) < 4.78 is 6.54. The van der Waals surface area contributed by atoms with Crippen molar-refractivity contribution < 1.29 is 9.53 Å². The number of nitrogens with zero attached hydrogens (tertiary/aromatic N) is 1. The molecular weight excluding hydrogens is 344 g/mol. The van der Waals surface area contributed by atoms with E-state index in [-0.39, 0.29) is 11.9 Å². The fourth-order valence-corrected chi connectivity index (χ4v) is 4.03. The number of ether oxygens (including phenoxy) is 1. The third kappa shape index (κ3) is 3.07. The third-order valence-electron chi connectivity index (χ3n) is 4.88. The molecule has 0 saturated carbocycles. The van der Waals surface area contributed by atoms with Gasteiger partial charge < -0.3 is 15.4 Å². The second kappa shape index (κ2) is 6.69. The van der Waals surface area contributed by atoms with Crippen LogP contribution in [0.15, 0.2) is 28.7 Å². The summed E-state index contributed by atoms with van der Waals surface area (Å²) in [5, 5.41) is 0. The lowest BCUT2D eigenvalue weighted by atomic mass is 9.72. The molecule has 0 bridgehead atoms. The van der Waals surface area contributed by atoms with Crippen LogP contribution < -0.4 is 5.73 Å². The van der Waals surface area contributed by atoms with Crippen molar-refractivity contribution in [1.82, 2.24) is 4.90 Å². The van der Waals surface area contributed by atoms with Crippen LogP contribution in [0.4, 0.5) is 0 Å². The Bertz CT molecular complexity index is 543. The van der Waals surface area contributed by atoms with Gasteiger partial charge in [0.15, 0.2) is 0 Å². The van der Waals surface area contributed by atoms with Crippen LogP contribution in [0.25, 0.3) is 0 Å². The molecular formula is C17H23BrN2O2. The van der Waals surface area contributed by atoms with Gasteiger partial charge in [-0.1, -0.05) is 28.1 Å². The van der Waals surface area contributed by atoms with E-state index in [2.05, 4.69) is 28.1 Å². The Morgan fingerprint density at radius 2 is 2.14 bits per heavy atom. The first-order valence-electron chi connectivity index (χ1n) is 8.00. The smallest absolute Gasteiger partial charge is 0.233 e. The molecule has 1 atom stereocenters. The quantitative estimate of drug-likeness (QED) is 0.874. The van der Waals surface area contributed by atoms with Crippen LogP contribution in [0, 0.1) is 0 Å². The molecule has 120 valence electrons. The van der Waals surface area contributed by atoms with Crippen LogP contribution in [0.2, 0.25) is 0 Å². The predicted octanol–water partition coefficient (Wildman–Crippen LogP) is 2.45. The fraction of sp³-hybridized carbons (Fsp3) is 0.588. The zero-order valence-corrected chi connectivity index (χ0v) is 14.3. The highest BCUT2D eigenvalue weighted by atomic mass is 79.9. The monoisotopic (exact) mass is 366 g/mol. The third-order valence-corrected chi connectivity index (χ3v) is 5.37. The Morgan fingerprint density at radius 3 is 2.82 bits per heavy atom. The van der Waals surface area contributed by atoms with Crippen LogP contribution in [0.5, 0.6) is 0 Å². The number of carbonyl (C=O) groups is 1. The summed E-state index contributed by atoms with van der Waals surface area (Å²) in [4.78, 5) is 15.3. The molecule has 1 amide bonds. The van der Waals surface area contributed by atoms with Gasteiger partial charge in [0.1, 0.15) is 0 Å². The van der Waals surface area contributed by atoms with Gasteiger partial charge in [-0.3, -0.25) is 4.79 Å². The summed E-state index contributed by atoms with van der Waals surface area (Å²) >= 11 is 3.53. The van der Waals surface area contributed by atoms with E-state index in [9.17, 15) is 4.79 Å². The zero-order chi connectivity index (χ0) is 15.6. The second-order valence-corrected chi connectivity index (χ2v) is 7.27. The van der Waals surface area contributed by atoms with Crippen molar-refractivity contribution in [3.05, 3.63) is 34.3 Å². The number of hydrogen-bond donors (Lipinski definition) is 1. The molecule has 5 heteroatoms. The van der Waals surface area contributed by atoms with Crippen molar-refractivity contribution in [2.45, 2.75) is 37.1 Å². The molecule has 0 aromatic heterocycles. The highest BCUT2D eigenvalue weighted by molar-refractivity contribution is 9.10. The number of rotatable bonds is 2. The minimum Gasteiger partial charge on any atom is -0.381 e. The molecule has 0 aliphatic carbocycles. The summed E-state index contributed by atoms with van der Waals surface area (Å²) in [6.07, 6.45) is 3.50. The van der Waals surface area contributed by atoms with Crippen molar-refractivity contribution >= 4 is 21.8 Å². The highest BCUT2D eigenvalue weighted by Crippen LogP contribution is 2.38. The Morgan fingerprint density at radius 1 is 1.36 bits per heavy atom. The van der Waals surface area contributed by atoms with Crippen LogP contribution >= 0.6 is 15.9 Å². The van der Waals surface area contributed by atoms with Gasteiger partial charge in [0.05, 0.1) is 5.41 Å². The average molecular weight is 367 g/mol. The maximum Gasteiger partial charge on any atom is 0.233 e. The van der Waals surface area contributed by atoms with Crippen molar-refractivity contribution in [2.24, 2.45) is 5.73 Å². The minimum atomic E-state index is -0.459. The maximum absolute atomic E-state index is 13.3. The number of carbonyl (C=O) groups excluding carboxylic acids is 1. The molecule has 0 unspecified atom stereocenters. The number of piperidine rings is 1. The largest absolute Gasteiger partial charge is 0.381 e. The molecule has 2 aliphatic rings. The average Bonchev–Trinajstić information content (AvgIpc) is 2.55. The standard InChI is InChI=1S/C17H23BrN2O2/c18-14-4-1-3-13(11-14)17(6-9-22-10-7-17)16(21)20-8-2-5-15(19)12-20/h1,3-4,11,15H,2,5-10,12,19H2/t15-/m1/s1. The minimum absolute atomic E-state index is 0.108. The molecule has 2 saturated heterocycles. The van der Waals surface area contributed by atoms with Gasteiger partial charge in [0, 0.05) is 36.8 Å². The van der Waals surface area contributed by atoms with Crippen LogP contribution in [0.3, 0.4) is 0 Å². The van der Waals surface area contributed by atoms with Crippen molar-refractivity contribution in [1.29, 1.82) is 0 Å². The van der Waals surface area contributed by atoms with Gasteiger partial charge in [0.2, 0.25) is 5.91 Å². The summed E-state index contributed by atoms with van der Waals surface area (Å²) in [5.74, 6) is 0.226. The summed E-state index contributed by atoms with van der Waals surface area (Å²) in [5.41, 5.74) is 6.71. The van der Waals surface area contributed by atoms with Crippen LogP contribution in [-0.2, 0) is 14.9 Å². The lowest BCUT2D eigenvalue weighted by molar-refractivity contribution is -0.142. The molecule has 2 fully saturated rings. The summed E-state index contributed by atoms with van der Waals surface area (Å²) in [6, 6.07) is 8.26. The van der Waals surface area contributed by atoms with Gasteiger partial charge in [-0.05, 0) is 43.4 Å². The molecule has 3 rings (SSSR count). The summed E-state index contributed by atoms with van der Waals surface area (Å²) in [7, 11) is 0. The molecule has 2 N–H and O–H groups in total. The first kappa shape index (κ1) is 16.0. The van der Waals surface area contributed by atoms with Gasteiger partial charge in [-0.2, -0.15) is 0 Å². The Balaban J connectivity index is 1.93. The second-order valence-electron chi connectivity index (χ2n) is 6.36. The topological polar surface area (TPSA) is 55.6 Å². The van der Waals surface area contributed by atoms with Crippen LogP contribution in [-0.4, -0.2) is 43.2 Å². The van der Waals surface area contributed by atoms with Gasteiger partial charge in [-0.15, -0.1) is 0 Å². The summed E-state index contributed by atoms with van der Waals surface area (Å²) in [6.45, 7) is 2.77. The molecule has 2 heterocycles. The molecule has 2 aliphatic heterocycles. The van der Waals surface area contributed by atoms with E-state index < -0.39 is 5.41 Å². The number of nitrogens with two attached hydrogens (primary N) is 1. The number of likely N-dealkylation sites (tertiary alicyclic amines) is 1. The number of hydrogen-bond acceptors (Lipinski definition) is 3. The normalized spacial score (nSPS) is 25.0. The number of amides is 1. The molecule has 0 radical (unpaired) electrons. The van der Waals surface area contributed by atoms with Crippen molar-refractivity contribution in [3.8, 4) is 0 Å². The zero-order valence-electron chi connectivity index (χ0n) is 12.8. The van der Waals surface area contributed by atoms with E-state index in [0.29, 0.717) is 19.8 Å². The van der Waals surface area contributed by atoms with E-state index >= 15 is 0 Å². The lowest BCUT2D eigenvalue weighted by Crippen LogP contribution is -2.54. The van der Waals surface area contributed by atoms with Gasteiger partial charge in [-0.25, -0.2) is 0 Å². The Hall–Kier alpha value is -0.910. The predicted molar refractivity (Wildman–Crippen MR) is 89.7 cm³/mol. The highest BCUT2D eigenvalue weighted by Gasteiger charge is 2.44.